The zero-order valence-corrected chi connectivity index (χ0v) is 13.5. The largest absolute Gasteiger partial charge is 0.373 e. The predicted molar refractivity (Wildman–Crippen MR) is 87.1 cm³/mol. The summed E-state index contributed by atoms with van der Waals surface area (Å²) in [7, 11) is 1.88. The summed E-state index contributed by atoms with van der Waals surface area (Å²) in [6, 6.07) is 8.46. The van der Waals surface area contributed by atoms with Crippen LogP contribution in [0, 0.1) is 0 Å². The second kappa shape index (κ2) is 6.70. The van der Waals surface area contributed by atoms with Crippen LogP contribution in [0.3, 0.4) is 0 Å². The summed E-state index contributed by atoms with van der Waals surface area (Å²) in [5.41, 5.74) is 2.32. The second-order valence-corrected chi connectivity index (χ2v) is 5.49. The first-order chi connectivity index (χ1) is 9.65. The molecule has 5 heteroatoms. The van der Waals surface area contributed by atoms with E-state index in [1.54, 1.807) is 6.33 Å². The van der Waals surface area contributed by atoms with Gasteiger partial charge in [-0.15, -0.1) is 0 Å². The van der Waals surface area contributed by atoms with Crippen LogP contribution in [0.15, 0.2) is 35.1 Å². The van der Waals surface area contributed by atoms with E-state index in [0.717, 1.165) is 28.1 Å². The maximum absolute atomic E-state index is 4.37. The van der Waals surface area contributed by atoms with Gasteiger partial charge in [0.1, 0.15) is 18.0 Å². The SMILES string of the molecule is CCc1c(NC)ncnc1NC(C)c1cccc(Br)c1. The van der Waals surface area contributed by atoms with Crippen LogP contribution in [0.5, 0.6) is 0 Å². The molecule has 2 rings (SSSR count). The number of rotatable bonds is 5. The van der Waals surface area contributed by atoms with Gasteiger partial charge in [0, 0.05) is 23.1 Å². The zero-order valence-electron chi connectivity index (χ0n) is 11.9. The fourth-order valence-corrected chi connectivity index (χ4v) is 2.57. The number of anilines is 2. The molecule has 106 valence electrons. The highest BCUT2D eigenvalue weighted by Gasteiger charge is 2.12. The van der Waals surface area contributed by atoms with Crippen LogP contribution in [0.2, 0.25) is 0 Å². The molecule has 1 atom stereocenters. The lowest BCUT2D eigenvalue weighted by molar-refractivity contribution is 0.862. The fourth-order valence-electron chi connectivity index (χ4n) is 2.15. The summed E-state index contributed by atoms with van der Waals surface area (Å²) in [6.07, 6.45) is 2.46. The van der Waals surface area contributed by atoms with Crippen molar-refractivity contribution in [2.45, 2.75) is 26.3 Å². The summed E-state index contributed by atoms with van der Waals surface area (Å²) in [5.74, 6) is 1.77. The van der Waals surface area contributed by atoms with E-state index in [0.29, 0.717) is 0 Å². The average Bonchev–Trinajstić information content (AvgIpc) is 2.46. The Balaban J connectivity index is 2.25. The first kappa shape index (κ1) is 14.8. The van der Waals surface area contributed by atoms with Crippen LogP contribution in [-0.2, 0) is 6.42 Å². The molecule has 20 heavy (non-hydrogen) atoms. The Labute approximate surface area is 128 Å². The lowest BCUT2D eigenvalue weighted by atomic mass is 10.1. The van der Waals surface area contributed by atoms with Crippen LogP contribution >= 0.6 is 15.9 Å². The lowest BCUT2D eigenvalue weighted by Gasteiger charge is -2.18. The molecule has 0 spiro atoms. The summed E-state index contributed by atoms with van der Waals surface area (Å²) in [4.78, 5) is 8.63. The number of halogens is 1. The molecular weight excluding hydrogens is 316 g/mol. The lowest BCUT2D eigenvalue weighted by Crippen LogP contribution is -2.12. The van der Waals surface area contributed by atoms with Crippen molar-refractivity contribution >= 4 is 27.6 Å². The van der Waals surface area contributed by atoms with E-state index < -0.39 is 0 Å². The van der Waals surface area contributed by atoms with Crippen molar-refractivity contribution in [1.82, 2.24) is 9.97 Å². The Morgan fingerprint density at radius 3 is 2.65 bits per heavy atom. The third-order valence-electron chi connectivity index (χ3n) is 3.24. The van der Waals surface area contributed by atoms with Crippen LogP contribution < -0.4 is 10.6 Å². The van der Waals surface area contributed by atoms with E-state index in [1.165, 1.54) is 5.56 Å². The van der Waals surface area contributed by atoms with E-state index >= 15 is 0 Å². The Morgan fingerprint density at radius 1 is 1.25 bits per heavy atom. The van der Waals surface area contributed by atoms with Crippen molar-refractivity contribution in [1.29, 1.82) is 0 Å². The van der Waals surface area contributed by atoms with E-state index in [2.05, 4.69) is 62.5 Å². The van der Waals surface area contributed by atoms with Crippen LogP contribution in [0.25, 0.3) is 0 Å². The van der Waals surface area contributed by atoms with Gasteiger partial charge in [-0.3, -0.25) is 0 Å². The molecule has 0 radical (unpaired) electrons. The number of hydrogen-bond acceptors (Lipinski definition) is 4. The van der Waals surface area contributed by atoms with Crippen molar-refractivity contribution in [3.63, 3.8) is 0 Å². The van der Waals surface area contributed by atoms with Crippen LogP contribution in [0.4, 0.5) is 11.6 Å². The van der Waals surface area contributed by atoms with Crippen LogP contribution in [-0.4, -0.2) is 17.0 Å². The Morgan fingerprint density at radius 2 is 2.00 bits per heavy atom. The highest BCUT2D eigenvalue weighted by Crippen LogP contribution is 2.25. The van der Waals surface area contributed by atoms with Gasteiger partial charge < -0.3 is 10.6 Å². The van der Waals surface area contributed by atoms with Crippen molar-refractivity contribution in [3.05, 3.63) is 46.2 Å². The molecule has 2 N–H and O–H groups in total. The molecule has 0 fully saturated rings. The maximum Gasteiger partial charge on any atom is 0.135 e. The number of nitrogens with zero attached hydrogens (tertiary/aromatic N) is 2. The standard InChI is InChI=1S/C15H19BrN4/c1-4-13-14(17-3)18-9-19-15(13)20-10(2)11-6-5-7-12(16)8-11/h5-10H,4H2,1-3H3,(H2,17,18,19,20). The zero-order chi connectivity index (χ0) is 14.5. The van der Waals surface area contributed by atoms with Crippen molar-refractivity contribution < 1.29 is 0 Å². The summed E-state index contributed by atoms with van der Waals surface area (Å²) in [6.45, 7) is 4.23. The van der Waals surface area contributed by atoms with E-state index in [4.69, 9.17) is 0 Å². The van der Waals surface area contributed by atoms with E-state index in [1.807, 2.05) is 19.2 Å². The molecule has 0 bridgehead atoms. The first-order valence-electron chi connectivity index (χ1n) is 6.69. The van der Waals surface area contributed by atoms with E-state index in [-0.39, 0.29) is 6.04 Å². The Hall–Kier alpha value is -1.62. The fraction of sp³-hybridized carbons (Fsp3) is 0.333. The summed E-state index contributed by atoms with van der Waals surface area (Å²) >= 11 is 3.50. The monoisotopic (exact) mass is 334 g/mol. The minimum Gasteiger partial charge on any atom is -0.373 e. The molecule has 1 unspecified atom stereocenters. The molecule has 1 heterocycles. The average molecular weight is 335 g/mol. The number of nitrogens with one attached hydrogen (secondary N) is 2. The normalized spacial score (nSPS) is 12.0. The van der Waals surface area contributed by atoms with Crippen LogP contribution in [0.1, 0.15) is 31.0 Å². The Bertz CT molecular complexity index is 586. The van der Waals surface area contributed by atoms with Crippen molar-refractivity contribution in [2.24, 2.45) is 0 Å². The quantitative estimate of drug-likeness (QED) is 0.867. The molecule has 0 amide bonds. The van der Waals surface area contributed by atoms with Gasteiger partial charge in [-0.2, -0.15) is 0 Å². The van der Waals surface area contributed by atoms with Gasteiger partial charge in [0.25, 0.3) is 0 Å². The smallest absolute Gasteiger partial charge is 0.135 e. The van der Waals surface area contributed by atoms with Gasteiger partial charge in [-0.1, -0.05) is 35.0 Å². The molecule has 1 aromatic heterocycles. The molecule has 0 saturated carbocycles. The molecule has 0 aliphatic rings. The summed E-state index contributed by atoms with van der Waals surface area (Å²) < 4.78 is 1.08. The van der Waals surface area contributed by atoms with Gasteiger partial charge in [0.2, 0.25) is 0 Å². The first-order valence-corrected chi connectivity index (χ1v) is 7.48. The van der Waals surface area contributed by atoms with Gasteiger partial charge in [0.05, 0.1) is 0 Å². The maximum atomic E-state index is 4.37. The molecule has 0 aliphatic carbocycles. The third-order valence-corrected chi connectivity index (χ3v) is 3.73. The third kappa shape index (κ3) is 3.28. The topological polar surface area (TPSA) is 49.8 Å². The molecule has 1 aromatic carbocycles. The van der Waals surface area contributed by atoms with Crippen molar-refractivity contribution in [3.8, 4) is 0 Å². The molecule has 4 nitrogen and oxygen atoms in total. The minimum absolute atomic E-state index is 0.178. The minimum atomic E-state index is 0.178. The van der Waals surface area contributed by atoms with Gasteiger partial charge in [0.15, 0.2) is 0 Å². The highest BCUT2D eigenvalue weighted by atomic mass is 79.9. The summed E-state index contributed by atoms with van der Waals surface area (Å²) in [5, 5.41) is 6.58. The van der Waals surface area contributed by atoms with Gasteiger partial charge in [-0.25, -0.2) is 9.97 Å². The van der Waals surface area contributed by atoms with Gasteiger partial charge >= 0.3 is 0 Å². The van der Waals surface area contributed by atoms with E-state index in [9.17, 15) is 0 Å². The number of benzene rings is 1. The number of hydrogen-bond donors (Lipinski definition) is 2. The number of aromatic nitrogens is 2. The van der Waals surface area contributed by atoms with Gasteiger partial charge in [-0.05, 0) is 31.0 Å². The molecular formula is C15H19BrN4. The molecule has 0 aliphatic heterocycles. The Kier molecular flexibility index (Phi) is 4.95. The molecule has 0 saturated heterocycles. The van der Waals surface area contributed by atoms with Crippen molar-refractivity contribution in [2.75, 3.05) is 17.7 Å². The second-order valence-electron chi connectivity index (χ2n) is 4.57. The predicted octanol–water partition coefficient (Wildman–Crippen LogP) is 4.02. The highest BCUT2D eigenvalue weighted by molar-refractivity contribution is 9.10. The molecule has 2 aromatic rings.